The Bertz CT molecular complexity index is 815. The van der Waals surface area contributed by atoms with Gasteiger partial charge in [0.05, 0.1) is 5.54 Å². The lowest BCUT2D eigenvalue weighted by Gasteiger charge is -2.43. The third-order valence-electron chi connectivity index (χ3n) is 4.72. The normalized spacial score (nSPS) is 17.0. The van der Waals surface area contributed by atoms with Gasteiger partial charge in [-0.3, -0.25) is 4.90 Å². The molecule has 3 rings (SSSR count). The van der Waals surface area contributed by atoms with E-state index in [1.807, 2.05) is 25.7 Å². The second-order valence-electron chi connectivity index (χ2n) is 7.99. The summed E-state index contributed by atoms with van der Waals surface area (Å²) in [7, 11) is 2.08. The maximum atomic E-state index is 12.7. The van der Waals surface area contributed by atoms with Crippen molar-refractivity contribution in [1.82, 2.24) is 9.47 Å². The number of ether oxygens (including phenoxy) is 1. The molecule has 1 amide bonds. The van der Waals surface area contributed by atoms with E-state index in [4.69, 9.17) is 4.74 Å². The number of aromatic nitrogens is 1. The molecular formula is C19H25BrN2O2. The number of hydrogen-bond donors (Lipinski definition) is 0. The van der Waals surface area contributed by atoms with Gasteiger partial charge in [0.2, 0.25) is 0 Å². The highest BCUT2D eigenvalue weighted by atomic mass is 79.9. The quantitative estimate of drug-likeness (QED) is 0.634. The second-order valence-corrected chi connectivity index (χ2v) is 8.90. The molecule has 0 aliphatic carbocycles. The van der Waals surface area contributed by atoms with Gasteiger partial charge < -0.3 is 9.30 Å². The standard InChI is InChI=1S/C19H25BrN2O2/c1-18(2,3)24-17(23)22-10-9-14-13-8-7-12(20)11-15(13)21(6)16(14)19(22,4)5/h7-8,11H,9-10H2,1-6H3. The predicted octanol–water partition coefficient (Wildman–Crippen LogP) is 4.97. The average molecular weight is 393 g/mol. The number of fused-ring (bicyclic) bond motifs is 3. The lowest BCUT2D eigenvalue weighted by Crippen LogP contribution is -2.52. The van der Waals surface area contributed by atoms with Gasteiger partial charge in [-0.15, -0.1) is 0 Å². The number of hydrogen-bond acceptors (Lipinski definition) is 2. The molecule has 1 aromatic carbocycles. The van der Waals surface area contributed by atoms with E-state index in [2.05, 4.69) is 59.6 Å². The number of amides is 1. The first-order chi connectivity index (χ1) is 11.0. The molecule has 1 aliphatic rings. The number of benzene rings is 1. The first-order valence-electron chi connectivity index (χ1n) is 8.30. The van der Waals surface area contributed by atoms with Crippen LogP contribution in [0.15, 0.2) is 22.7 Å². The monoisotopic (exact) mass is 392 g/mol. The fourth-order valence-electron chi connectivity index (χ4n) is 3.79. The molecule has 0 bridgehead atoms. The van der Waals surface area contributed by atoms with E-state index in [1.54, 1.807) is 0 Å². The van der Waals surface area contributed by atoms with Crippen molar-refractivity contribution >= 4 is 32.9 Å². The van der Waals surface area contributed by atoms with Gasteiger partial charge in [0, 0.05) is 34.7 Å². The molecule has 0 saturated carbocycles. The summed E-state index contributed by atoms with van der Waals surface area (Å²) in [6.45, 7) is 10.6. The van der Waals surface area contributed by atoms with Gasteiger partial charge >= 0.3 is 6.09 Å². The van der Waals surface area contributed by atoms with Crippen LogP contribution in [-0.4, -0.2) is 27.7 Å². The van der Waals surface area contributed by atoms with E-state index in [9.17, 15) is 4.79 Å². The lowest BCUT2D eigenvalue weighted by molar-refractivity contribution is -0.00162. The molecule has 0 unspecified atom stereocenters. The Morgan fingerprint density at radius 2 is 1.96 bits per heavy atom. The van der Waals surface area contributed by atoms with E-state index in [0.717, 1.165) is 10.9 Å². The highest BCUT2D eigenvalue weighted by Gasteiger charge is 2.42. The Kier molecular flexibility index (Phi) is 3.98. The number of aryl methyl sites for hydroxylation is 1. The molecule has 0 N–H and O–H groups in total. The van der Waals surface area contributed by atoms with Crippen molar-refractivity contribution in [1.29, 1.82) is 0 Å². The van der Waals surface area contributed by atoms with Crippen LogP contribution in [0.5, 0.6) is 0 Å². The molecule has 1 aliphatic heterocycles. The van der Waals surface area contributed by atoms with Crippen LogP contribution in [0.4, 0.5) is 4.79 Å². The summed E-state index contributed by atoms with van der Waals surface area (Å²) in [5.41, 5.74) is 2.80. The van der Waals surface area contributed by atoms with Crippen LogP contribution in [0.2, 0.25) is 0 Å². The minimum Gasteiger partial charge on any atom is -0.444 e. The van der Waals surface area contributed by atoms with Crippen molar-refractivity contribution in [2.45, 2.75) is 52.2 Å². The Hall–Kier alpha value is -1.49. The number of carbonyl (C=O) groups is 1. The van der Waals surface area contributed by atoms with Crippen molar-refractivity contribution in [3.8, 4) is 0 Å². The fourth-order valence-corrected chi connectivity index (χ4v) is 4.14. The topological polar surface area (TPSA) is 34.5 Å². The maximum Gasteiger partial charge on any atom is 0.411 e. The molecule has 0 fully saturated rings. The van der Waals surface area contributed by atoms with Crippen LogP contribution >= 0.6 is 15.9 Å². The third kappa shape index (κ3) is 2.73. The minimum absolute atomic E-state index is 0.246. The van der Waals surface area contributed by atoms with E-state index in [0.29, 0.717) is 6.54 Å². The van der Waals surface area contributed by atoms with Gasteiger partial charge in [-0.2, -0.15) is 0 Å². The average Bonchev–Trinajstić information content (AvgIpc) is 2.70. The highest BCUT2D eigenvalue weighted by Crippen LogP contribution is 2.41. The summed E-state index contributed by atoms with van der Waals surface area (Å²) in [5.74, 6) is 0. The fraction of sp³-hybridized carbons (Fsp3) is 0.526. The molecule has 24 heavy (non-hydrogen) atoms. The van der Waals surface area contributed by atoms with Gasteiger partial charge in [-0.25, -0.2) is 4.79 Å². The Morgan fingerprint density at radius 3 is 2.58 bits per heavy atom. The maximum absolute atomic E-state index is 12.7. The van der Waals surface area contributed by atoms with Gasteiger partial charge in [0.25, 0.3) is 0 Å². The number of nitrogens with zero attached hydrogens (tertiary/aromatic N) is 2. The number of rotatable bonds is 0. The smallest absolute Gasteiger partial charge is 0.411 e. The number of carbonyl (C=O) groups excluding carboxylic acids is 1. The van der Waals surface area contributed by atoms with E-state index >= 15 is 0 Å². The molecule has 0 saturated heterocycles. The summed E-state index contributed by atoms with van der Waals surface area (Å²) >= 11 is 3.56. The summed E-state index contributed by atoms with van der Waals surface area (Å²) in [6, 6.07) is 6.38. The Morgan fingerprint density at radius 1 is 1.29 bits per heavy atom. The molecule has 130 valence electrons. The molecule has 0 atom stereocenters. The van der Waals surface area contributed by atoms with Crippen LogP contribution in [-0.2, 0) is 23.7 Å². The third-order valence-corrected chi connectivity index (χ3v) is 5.21. The lowest BCUT2D eigenvalue weighted by atomic mass is 9.88. The molecule has 5 heteroatoms. The van der Waals surface area contributed by atoms with E-state index < -0.39 is 11.1 Å². The molecule has 2 aromatic rings. The number of halogens is 1. The molecule has 0 radical (unpaired) electrons. The summed E-state index contributed by atoms with van der Waals surface area (Å²) in [6.07, 6.45) is 0.598. The van der Waals surface area contributed by atoms with Gasteiger partial charge in [0.1, 0.15) is 5.60 Å². The van der Waals surface area contributed by atoms with Crippen molar-refractivity contribution < 1.29 is 9.53 Å². The molecule has 0 spiro atoms. The zero-order chi connectivity index (χ0) is 17.9. The zero-order valence-corrected chi connectivity index (χ0v) is 16.8. The Labute approximate surface area is 151 Å². The van der Waals surface area contributed by atoms with E-state index in [1.165, 1.54) is 22.2 Å². The highest BCUT2D eigenvalue weighted by molar-refractivity contribution is 9.10. The minimum atomic E-state index is -0.489. The SMILES string of the molecule is Cn1c2c(c3ccc(Br)cc31)CCN(C(=O)OC(C)(C)C)C2(C)C. The molecule has 1 aromatic heterocycles. The van der Waals surface area contributed by atoms with Crippen LogP contribution in [0.25, 0.3) is 10.9 Å². The Balaban J connectivity index is 2.10. The van der Waals surface area contributed by atoms with E-state index in [-0.39, 0.29) is 6.09 Å². The van der Waals surface area contributed by atoms with Crippen LogP contribution in [0.1, 0.15) is 45.9 Å². The summed E-state index contributed by atoms with van der Waals surface area (Å²) in [5, 5.41) is 1.27. The van der Waals surface area contributed by atoms with Gasteiger partial charge in [0.15, 0.2) is 0 Å². The summed E-state index contributed by atoms with van der Waals surface area (Å²) in [4.78, 5) is 14.6. The zero-order valence-electron chi connectivity index (χ0n) is 15.2. The van der Waals surface area contributed by atoms with Crippen molar-refractivity contribution in [2.24, 2.45) is 7.05 Å². The van der Waals surface area contributed by atoms with Crippen LogP contribution in [0.3, 0.4) is 0 Å². The van der Waals surface area contributed by atoms with Gasteiger partial charge in [-0.05, 0) is 58.7 Å². The predicted molar refractivity (Wildman–Crippen MR) is 100 cm³/mol. The molecular weight excluding hydrogens is 368 g/mol. The first kappa shape index (κ1) is 17.3. The summed E-state index contributed by atoms with van der Waals surface area (Å²) < 4.78 is 8.91. The van der Waals surface area contributed by atoms with Crippen LogP contribution in [0, 0.1) is 0 Å². The first-order valence-corrected chi connectivity index (χ1v) is 9.09. The van der Waals surface area contributed by atoms with Crippen molar-refractivity contribution in [3.05, 3.63) is 33.9 Å². The van der Waals surface area contributed by atoms with Crippen molar-refractivity contribution in [3.63, 3.8) is 0 Å². The molecule has 4 nitrogen and oxygen atoms in total. The molecule has 2 heterocycles. The second kappa shape index (κ2) is 5.51. The largest absolute Gasteiger partial charge is 0.444 e. The van der Waals surface area contributed by atoms with Gasteiger partial charge in [-0.1, -0.05) is 22.0 Å². The van der Waals surface area contributed by atoms with Crippen LogP contribution < -0.4 is 0 Å². The van der Waals surface area contributed by atoms with Crippen molar-refractivity contribution in [2.75, 3.05) is 6.54 Å².